The Kier molecular flexibility index (Phi) is 6.61. The van der Waals surface area contributed by atoms with Crippen molar-refractivity contribution >= 4 is 0 Å². The molecular formula is C15H32N2O. The molecule has 0 aromatic heterocycles. The zero-order valence-corrected chi connectivity index (χ0v) is 12.5. The summed E-state index contributed by atoms with van der Waals surface area (Å²) < 4.78 is 0. The minimum absolute atomic E-state index is 0.127. The monoisotopic (exact) mass is 256 g/mol. The molecule has 1 atom stereocenters. The topological polar surface area (TPSA) is 49.5 Å². The number of nitrogens with zero attached hydrogens (tertiary/aromatic N) is 1. The summed E-state index contributed by atoms with van der Waals surface area (Å²) in [6.07, 6.45) is 5.98. The molecule has 0 amide bonds. The van der Waals surface area contributed by atoms with Crippen molar-refractivity contribution in [3.63, 3.8) is 0 Å². The number of aliphatic hydroxyl groups is 1. The van der Waals surface area contributed by atoms with Crippen molar-refractivity contribution < 1.29 is 5.11 Å². The van der Waals surface area contributed by atoms with E-state index in [1.54, 1.807) is 0 Å². The number of rotatable bonds is 7. The highest BCUT2D eigenvalue weighted by Crippen LogP contribution is 2.23. The van der Waals surface area contributed by atoms with Crippen molar-refractivity contribution in [2.75, 3.05) is 26.2 Å². The van der Waals surface area contributed by atoms with Crippen molar-refractivity contribution in [1.29, 1.82) is 0 Å². The third kappa shape index (κ3) is 5.68. The van der Waals surface area contributed by atoms with Crippen molar-refractivity contribution in [3.8, 4) is 0 Å². The molecule has 0 radical (unpaired) electrons. The molecular weight excluding hydrogens is 224 g/mol. The predicted octanol–water partition coefficient (Wildman–Crippen LogP) is 2.23. The predicted molar refractivity (Wildman–Crippen MR) is 77.5 cm³/mol. The second-order valence-corrected chi connectivity index (χ2v) is 6.75. The quantitative estimate of drug-likeness (QED) is 0.687. The van der Waals surface area contributed by atoms with Crippen LogP contribution in [0.4, 0.5) is 0 Å². The van der Waals surface area contributed by atoms with Gasteiger partial charge < -0.3 is 15.7 Å². The van der Waals surface area contributed by atoms with Crippen LogP contribution in [-0.4, -0.2) is 42.3 Å². The molecule has 1 aliphatic heterocycles. The summed E-state index contributed by atoms with van der Waals surface area (Å²) in [6, 6.07) is 0. The van der Waals surface area contributed by atoms with Gasteiger partial charge in [0.25, 0.3) is 0 Å². The highest BCUT2D eigenvalue weighted by atomic mass is 16.3. The fourth-order valence-corrected chi connectivity index (χ4v) is 2.70. The first-order valence-electron chi connectivity index (χ1n) is 7.55. The molecule has 0 spiro atoms. The van der Waals surface area contributed by atoms with Crippen LogP contribution in [0.1, 0.15) is 52.9 Å². The summed E-state index contributed by atoms with van der Waals surface area (Å²) in [5.74, 6) is 0.525. The maximum absolute atomic E-state index is 9.56. The van der Waals surface area contributed by atoms with Crippen LogP contribution in [0, 0.1) is 11.3 Å². The molecule has 0 aliphatic carbocycles. The fourth-order valence-electron chi connectivity index (χ4n) is 2.70. The van der Waals surface area contributed by atoms with E-state index in [1.807, 2.05) is 6.92 Å². The zero-order valence-electron chi connectivity index (χ0n) is 12.5. The van der Waals surface area contributed by atoms with Gasteiger partial charge in [0.2, 0.25) is 0 Å². The molecule has 0 saturated carbocycles. The third-order valence-corrected chi connectivity index (χ3v) is 4.44. The van der Waals surface area contributed by atoms with E-state index in [0.717, 1.165) is 32.5 Å². The number of nitrogens with two attached hydrogens (primary N) is 1. The molecule has 1 rings (SSSR count). The molecule has 0 bridgehead atoms. The van der Waals surface area contributed by atoms with Gasteiger partial charge in [-0.3, -0.25) is 0 Å². The van der Waals surface area contributed by atoms with Crippen molar-refractivity contribution in [2.24, 2.45) is 17.1 Å². The maximum atomic E-state index is 9.56. The number of hydrogen-bond donors (Lipinski definition) is 2. The summed E-state index contributed by atoms with van der Waals surface area (Å²) in [4.78, 5) is 2.55. The van der Waals surface area contributed by atoms with Gasteiger partial charge in [0, 0.05) is 0 Å². The van der Waals surface area contributed by atoms with E-state index < -0.39 is 0 Å². The van der Waals surface area contributed by atoms with Gasteiger partial charge in [-0.05, 0) is 70.1 Å². The minimum Gasteiger partial charge on any atom is -0.393 e. The summed E-state index contributed by atoms with van der Waals surface area (Å²) in [7, 11) is 0. The highest BCUT2D eigenvalue weighted by Gasteiger charge is 2.22. The van der Waals surface area contributed by atoms with Gasteiger partial charge in [-0.2, -0.15) is 0 Å². The molecule has 1 fully saturated rings. The fraction of sp³-hybridized carbons (Fsp3) is 1.00. The number of unbranched alkanes of at least 4 members (excludes halogenated alkanes) is 1. The first-order chi connectivity index (χ1) is 8.44. The standard InChI is InChI=1S/C15H32N2O/c1-13(18)14-6-10-17(11-7-14)9-5-4-8-15(2,3)12-16/h13-14,18H,4-12,16H2,1-3H3. The Morgan fingerprint density at radius 3 is 2.39 bits per heavy atom. The molecule has 1 saturated heterocycles. The van der Waals surface area contributed by atoms with E-state index in [0.29, 0.717) is 11.3 Å². The van der Waals surface area contributed by atoms with Crippen LogP contribution in [-0.2, 0) is 0 Å². The molecule has 18 heavy (non-hydrogen) atoms. The highest BCUT2D eigenvalue weighted by molar-refractivity contribution is 4.76. The van der Waals surface area contributed by atoms with Crippen LogP contribution in [0.25, 0.3) is 0 Å². The summed E-state index contributed by atoms with van der Waals surface area (Å²) in [5, 5.41) is 9.56. The molecule has 0 aromatic carbocycles. The Balaban J connectivity index is 2.08. The van der Waals surface area contributed by atoms with Crippen molar-refractivity contribution in [1.82, 2.24) is 4.90 Å². The van der Waals surface area contributed by atoms with Crippen LogP contribution >= 0.6 is 0 Å². The molecule has 3 heteroatoms. The van der Waals surface area contributed by atoms with Gasteiger partial charge in [-0.1, -0.05) is 20.3 Å². The number of piperidine rings is 1. The van der Waals surface area contributed by atoms with Crippen molar-refractivity contribution in [2.45, 2.75) is 59.0 Å². The summed E-state index contributed by atoms with van der Waals surface area (Å²) in [6.45, 7) is 10.8. The van der Waals surface area contributed by atoms with Gasteiger partial charge in [0.15, 0.2) is 0 Å². The van der Waals surface area contributed by atoms with Gasteiger partial charge in [0.05, 0.1) is 6.10 Å². The maximum Gasteiger partial charge on any atom is 0.0541 e. The zero-order chi connectivity index (χ0) is 13.6. The first kappa shape index (κ1) is 15.9. The normalized spacial score (nSPS) is 21.2. The van der Waals surface area contributed by atoms with Gasteiger partial charge >= 0.3 is 0 Å². The molecule has 1 aliphatic rings. The number of aliphatic hydroxyl groups excluding tert-OH is 1. The summed E-state index contributed by atoms with van der Waals surface area (Å²) >= 11 is 0. The Hall–Kier alpha value is -0.120. The van der Waals surface area contributed by atoms with Crippen LogP contribution < -0.4 is 5.73 Å². The lowest BCUT2D eigenvalue weighted by atomic mass is 9.87. The molecule has 1 heterocycles. The third-order valence-electron chi connectivity index (χ3n) is 4.44. The Labute approximate surface area is 113 Å². The lowest BCUT2D eigenvalue weighted by molar-refractivity contribution is 0.0710. The van der Waals surface area contributed by atoms with E-state index in [2.05, 4.69) is 18.7 Å². The second-order valence-electron chi connectivity index (χ2n) is 6.75. The van der Waals surface area contributed by atoms with Crippen LogP contribution in [0.2, 0.25) is 0 Å². The molecule has 3 nitrogen and oxygen atoms in total. The number of likely N-dealkylation sites (tertiary alicyclic amines) is 1. The molecule has 1 unspecified atom stereocenters. The molecule has 0 aromatic rings. The number of hydrogen-bond acceptors (Lipinski definition) is 3. The van der Waals surface area contributed by atoms with Crippen LogP contribution in [0.5, 0.6) is 0 Å². The van der Waals surface area contributed by atoms with E-state index in [-0.39, 0.29) is 6.10 Å². The SMILES string of the molecule is CC(O)C1CCN(CCCCC(C)(C)CN)CC1. The average molecular weight is 256 g/mol. The van der Waals surface area contributed by atoms with Gasteiger partial charge in [0.1, 0.15) is 0 Å². The Morgan fingerprint density at radius 2 is 1.89 bits per heavy atom. The van der Waals surface area contributed by atoms with E-state index >= 15 is 0 Å². The van der Waals surface area contributed by atoms with Gasteiger partial charge in [-0.25, -0.2) is 0 Å². The Bertz CT molecular complexity index is 221. The van der Waals surface area contributed by atoms with Crippen LogP contribution in [0.15, 0.2) is 0 Å². The molecule has 108 valence electrons. The average Bonchev–Trinajstić information content (AvgIpc) is 2.35. The minimum atomic E-state index is -0.127. The smallest absolute Gasteiger partial charge is 0.0541 e. The summed E-state index contributed by atoms with van der Waals surface area (Å²) in [5.41, 5.74) is 6.05. The van der Waals surface area contributed by atoms with Crippen LogP contribution in [0.3, 0.4) is 0 Å². The van der Waals surface area contributed by atoms with E-state index in [1.165, 1.54) is 25.8 Å². The van der Waals surface area contributed by atoms with Crippen molar-refractivity contribution in [3.05, 3.63) is 0 Å². The van der Waals surface area contributed by atoms with Gasteiger partial charge in [-0.15, -0.1) is 0 Å². The van der Waals surface area contributed by atoms with E-state index in [4.69, 9.17) is 5.73 Å². The molecule has 3 N–H and O–H groups in total. The largest absolute Gasteiger partial charge is 0.393 e. The Morgan fingerprint density at radius 1 is 1.28 bits per heavy atom. The lowest BCUT2D eigenvalue weighted by Gasteiger charge is -2.33. The van der Waals surface area contributed by atoms with E-state index in [9.17, 15) is 5.11 Å². The first-order valence-corrected chi connectivity index (χ1v) is 7.55. The lowest BCUT2D eigenvalue weighted by Crippen LogP contribution is -2.37. The second kappa shape index (κ2) is 7.46.